The lowest BCUT2D eigenvalue weighted by atomic mass is 10.1. The van der Waals surface area contributed by atoms with E-state index in [9.17, 15) is 19.2 Å². The Bertz CT molecular complexity index is 1040. The second kappa shape index (κ2) is 9.41. The fraction of sp³-hybridized carbons (Fsp3) is 0.333. The van der Waals surface area contributed by atoms with E-state index in [1.165, 1.54) is 26.0 Å². The van der Waals surface area contributed by atoms with Crippen molar-refractivity contribution in [3.8, 4) is 0 Å². The third-order valence-corrected chi connectivity index (χ3v) is 5.73. The van der Waals surface area contributed by atoms with Crippen LogP contribution in [-0.4, -0.2) is 67.0 Å². The number of benzene rings is 2. The van der Waals surface area contributed by atoms with Crippen molar-refractivity contribution < 1.29 is 28.7 Å². The fourth-order valence-corrected chi connectivity index (χ4v) is 3.81. The Morgan fingerprint density at radius 2 is 1.52 bits per heavy atom. The Morgan fingerprint density at radius 3 is 2.09 bits per heavy atom. The van der Waals surface area contributed by atoms with Crippen LogP contribution in [0, 0.1) is 0 Å². The Morgan fingerprint density at radius 1 is 0.939 bits per heavy atom. The molecule has 33 heavy (non-hydrogen) atoms. The van der Waals surface area contributed by atoms with Crippen molar-refractivity contribution in [1.29, 1.82) is 0 Å². The van der Waals surface area contributed by atoms with Crippen molar-refractivity contribution in [3.05, 3.63) is 59.7 Å². The molecule has 2 aromatic carbocycles. The number of amides is 3. The van der Waals surface area contributed by atoms with Crippen LogP contribution < -0.4 is 10.2 Å². The van der Waals surface area contributed by atoms with Gasteiger partial charge in [0.05, 0.1) is 24.3 Å². The first-order valence-electron chi connectivity index (χ1n) is 10.8. The van der Waals surface area contributed by atoms with E-state index in [0.29, 0.717) is 18.9 Å². The number of esters is 1. The molecule has 9 nitrogen and oxygen atoms in total. The minimum atomic E-state index is -1.17. The van der Waals surface area contributed by atoms with Gasteiger partial charge < -0.3 is 19.7 Å². The summed E-state index contributed by atoms with van der Waals surface area (Å²) in [7, 11) is 0. The molecule has 2 heterocycles. The SMILES string of the molecule is CC(OC(=O)C(C)N1C(=O)c2ccccc2C1=O)C(=O)Nc1ccc(N2CCOCC2)cc1. The number of hydrogen-bond donors (Lipinski definition) is 1. The van der Waals surface area contributed by atoms with Gasteiger partial charge in [0.15, 0.2) is 6.10 Å². The molecule has 0 spiro atoms. The third kappa shape index (κ3) is 4.58. The van der Waals surface area contributed by atoms with Crippen molar-refractivity contribution in [1.82, 2.24) is 4.90 Å². The molecule has 2 aliphatic heterocycles. The minimum absolute atomic E-state index is 0.244. The van der Waals surface area contributed by atoms with Crippen LogP contribution in [0.4, 0.5) is 11.4 Å². The Labute approximate surface area is 191 Å². The second-order valence-corrected chi connectivity index (χ2v) is 7.92. The number of morpholine rings is 1. The third-order valence-electron chi connectivity index (χ3n) is 5.73. The fourth-order valence-electron chi connectivity index (χ4n) is 3.81. The van der Waals surface area contributed by atoms with Crippen LogP contribution in [0.15, 0.2) is 48.5 Å². The normalized spacial score (nSPS) is 17.4. The summed E-state index contributed by atoms with van der Waals surface area (Å²) in [6.07, 6.45) is -1.12. The van der Waals surface area contributed by atoms with Crippen molar-refractivity contribution in [2.45, 2.75) is 26.0 Å². The molecule has 2 atom stereocenters. The summed E-state index contributed by atoms with van der Waals surface area (Å²) >= 11 is 0. The van der Waals surface area contributed by atoms with Gasteiger partial charge in [-0.3, -0.25) is 19.3 Å². The van der Waals surface area contributed by atoms with E-state index < -0.39 is 35.8 Å². The van der Waals surface area contributed by atoms with Crippen molar-refractivity contribution in [2.24, 2.45) is 0 Å². The first-order chi connectivity index (χ1) is 15.9. The number of carbonyl (C=O) groups excluding carboxylic acids is 4. The molecule has 1 N–H and O–H groups in total. The Hall–Kier alpha value is -3.72. The van der Waals surface area contributed by atoms with Crippen LogP contribution in [0.25, 0.3) is 0 Å². The lowest BCUT2D eigenvalue weighted by molar-refractivity contribution is -0.156. The van der Waals surface area contributed by atoms with Gasteiger partial charge in [0, 0.05) is 24.5 Å². The highest BCUT2D eigenvalue weighted by Gasteiger charge is 2.41. The number of ether oxygens (including phenoxy) is 2. The van der Waals surface area contributed by atoms with Crippen LogP contribution in [0.2, 0.25) is 0 Å². The molecule has 2 aromatic rings. The van der Waals surface area contributed by atoms with Gasteiger partial charge in [0.25, 0.3) is 17.7 Å². The number of carbonyl (C=O) groups is 4. The van der Waals surface area contributed by atoms with Gasteiger partial charge in [0.1, 0.15) is 6.04 Å². The molecular weight excluding hydrogens is 426 g/mol. The van der Waals surface area contributed by atoms with Gasteiger partial charge in [0.2, 0.25) is 0 Å². The molecule has 2 aliphatic rings. The molecule has 2 unspecified atom stereocenters. The highest BCUT2D eigenvalue weighted by Crippen LogP contribution is 2.25. The van der Waals surface area contributed by atoms with Crippen LogP contribution in [0.3, 0.4) is 0 Å². The molecule has 0 aromatic heterocycles. The Kier molecular flexibility index (Phi) is 6.41. The average molecular weight is 451 g/mol. The quantitative estimate of drug-likeness (QED) is 0.530. The molecule has 4 rings (SSSR count). The van der Waals surface area contributed by atoms with Crippen LogP contribution in [0.1, 0.15) is 34.6 Å². The molecule has 9 heteroatoms. The van der Waals surface area contributed by atoms with Gasteiger partial charge in [-0.1, -0.05) is 12.1 Å². The summed E-state index contributed by atoms with van der Waals surface area (Å²) in [5.74, 6) is -2.47. The zero-order valence-electron chi connectivity index (χ0n) is 18.4. The monoisotopic (exact) mass is 451 g/mol. The van der Waals surface area contributed by atoms with Gasteiger partial charge in [-0.05, 0) is 50.2 Å². The first-order valence-corrected chi connectivity index (χ1v) is 10.8. The van der Waals surface area contributed by atoms with E-state index >= 15 is 0 Å². The molecule has 1 saturated heterocycles. The molecule has 0 radical (unpaired) electrons. The van der Waals surface area contributed by atoms with E-state index in [4.69, 9.17) is 9.47 Å². The topological polar surface area (TPSA) is 105 Å². The van der Waals surface area contributed by atoms with Gasteiger partial charge >= 0.3 is 5.97 Å². The van der Waals surface area contributed by atoms with E-state index in [2.05, 4.69) is 10.2 Å². The van der Waals surface area contributed by atoms with E-state index in [-0.39, 0.29) is 11.1 Å². The summed E-state index contributed by atoms with van der Waals surface area (Å²) in [4.78, 5) is 53.3. The predicted octanol–water partition coefficient (Wildman–Crippen LogP) is 2.08. The zero-order valence-corrected chi connectivity index (χ0v) is 18.4. The lowest BCUT2D eigenvalue weighted by Crippen LogP contribution is -2.45. The molecule has 0 aliphatic carbocycles. The number of fused-ring (bicyclic) bond motifs is 1. The first kappa shape index (κ1) is 22.5. The number of nitrogens with zero attached hydrogens (tertiary/aromatic N) is 2. The molecule has 1 fully saturated rings. The summed E-state index contributed by atoms with van der Waals surface area (Å²) < 4.78 is 10.6. The van der Waals surface area contributed by atoms with E-state index in [1.54, 1.807) is 24.3 Å². The van der Waals surface area contributed by atoms with Crippen LogP contribution in [-0.2, 0) is 19.1 Å². The minimum Gasteiger partial charge on any atom is -0.451 e. The molecule has 0 bridgehead atoms. The number of anilines is 2. The maximum absolute atomic E-state index is 12.6. The molecule has 0 saturated carbocycles. The predicted molar refractivity (Wildman–Crippen MR) is 120 cm³/mol. The van der Waals surface area contributed by atoms with Crippen molar-refractivity contribution in [3.63, 3.8) is 0 Å². The van der Waals surface area contributed by atoms with Crippen molar-refractivity contribution in [2.75, 3.05) is 36.5 Å². The number of hydrogen-bond acceptors (Lipinski definition) is 7. The summed E-state index contributed by atoms with van der Waals surface area (Å²) in [6.45, 7) is 5.82. The number of rotatable bonds is 6. The van der Waals surface area contributed by atoms with Crippen molar-refractivity contribution >= 4 is 35.1 Å². The molecule has 3 amide bonds. The summed E-state index contributed by atoms with van der Waals surface area (Å²) in [6, 6.07) is 12.6. The van der Waals surface area contributed by atoms with Crippen LogP contribution >= 0.6 is 0 Å². The maximum atomic E-state index is 12.6. The summed E-state index contributed by atoms with van der Waals surface area (Å²) in [5, 5.41) is 2.71. The van der Waals surface area contributed by atoms with E-state index in [1.807, 2.05) is 12.1 Å². The van der Waals surface area contributed by atoms with E-state index in [0.717, 1.165) is 23.7 Å². The standard InChI is InChI=1S/C24H25N3O6/c1-15(27-22(29)19-5-3-4-6-20(19)23(27)30)24(31)33-16(2)21(28)25-17-7-9-18(10-8-17)26-11-13-32-14-12-26/h3-10,15-16H,11-14H2,1-2H3,(H,25,28). The highest BCUT2D eigenvalue weighted by atomic mass is 16.5. The molecule has 172 valence electrons. The largest absolute Gasteiger partial charge is 0.451 e. The summed E-state index contributed by atoms with van der Waals surface area (Å²) in [5.41, 5.74) is 2.08. The zero-order chi connectivity index (χ0) is 23.5. The number of imide groups is 1. The second-order valence-electron chi connectivity index (χ2n) is 7.92. The maximum Gasteiger partial charge on any atom is 0.329 e. The van der Waals surface area contributed by atoms with Gasteiger partial charge in [-0.25, -0.2) is 4.79 Å². The number of nitrogens with one attached hydrogen (secondary N) is 1. The molecular formula is C24H25N3O6. The average Bonchev–Trinajstić information content (AvgIpc) is 3.09. The van der Waals surface area contributed by atoms with Crippen LogP contribution in [0.5, 0.6) is 0 Å². The Balaban J connectivity index is 1.33. The highest BCUT2D eigenvalue weighted by molar-refractivity contribution is 6.22. The smallest absolute Gasteiger partial charge is 0.329 e. The lowest BCUT2D eigenvalue weighted by Gasteiger charge is -2.29. The van der Waals surface area contributed by atoms with Gasteiger partial charge in [-0.15, -0.1) is 0 Å². The van der Waals surface area contributed by atoms with Gasteiger partial charge in [-0.2, -0.15) is 0 Å².